The molecule has 9 heteroatoms. The third-order valence-corrected chi connectivity index (χ3v) is 5.49. The highest BCUT2D eigenvalue weighted by molar-refractivity contribution is 7.89. The van der Waals surface area contributed by atoms with E-state index in [1.165, 1.54) is 29.3 Å². The summed E-state index contributed by atoms with van der Waals surface area (Å²) in [6, 6.07) is 0. The van der Waals surface area contributed by atoms with Gasteiger partial charge in [0.1, 0.15) is 0 Å². The first-order valence-corrected chi connectivity index (χ1v) is 7.45. The summed E-state index contributed by atoms with van der Waals surface area (Å²) < 4.78 is 31.9. The van der Waals surface area contributed by atoms with E-state index in [0.29, 0.717) is 6.42 Å². The fourth-order valence-electron chi connectivity index (χ4n) is 2.12. The molecule has 0 aliphatic carbocycles. The number of sulfonamides is 1. The Hall–Kier alpha value is -1.12. The number of methoxy groups -OCH3 is 1. The summed E-state index contributed by atoms with van der Waals surface area (Å²) in [5, 5.41) is 3.83. The Morgan fingerprint density at radius 3 is 2.79 bits per heavy atom. The van der Waals surface area contributed by atoms with Crippen molar-refractivity contribution in [1.82, 2.24) is 14.1 Å². The van der Waals surface area contributed by atoms with Crippen LogP contribution in [-0.2, 0) is 26.6 Å². The van der Waals surface area contributed by atoms with Crippen molar-refractivity contribution in [3.63, 3.8) is 0 Å². The summed E-state index contributed by atoms with van der Waals surface area (Å²) in [6.07, 6.45) is 1.73. The van der Waals surface area contributed by atoms with Crippen LogP contribution in [0.1, 0.15) is 6.42 Å². The largest absolute Gasteiger partial charge is 0.469 e. The van der Waals surface area contributed by atoms with Gasteiger partial charge in [0.2, 0.25) is 0 Å². The molecule has 1 atom stereocenters. The molecule has 0 aromatic carbocycles. The lowest BCUT2D eigenvalue weighted by Gasteiger charge is -2.16. The van der Waals surface area contributed by atoms with Crippen LogP contribution in [0.15, 0.2) is 11.2 Å². The van der Waals surface area contributed by atoms with Crippen molar-refractivity contribution < 1.29 is 17.9 Å². The molecule has 0 saturated carbocycles. The summed E-state index contributed by atoms with van der Waals surface area (Å²) >= 11 is 5.85. The lowest BCUT2D eigenvalue weighted by Crippen LogP contribution is -2.31. The number of nitrogens with zero attached hydrogens (tertiary/aromatic N) is 3. The number of hydrogen-bond donors (Lipinski definition) is 0. The molecule has 1 saturated heterocycles. The molecule has 0 bridgehead atoms. The molecule has 0 radical (unpaired) electrons. The molecule has 2 rings (SSSR count). The highest BCUT2D eigenvalue weighted by atomic mass is 35.5. The van der Waals surface area contributed by atoms with Crippen LogP contribution in [0.4, 0.5) is 0 Å². The number of carbonyl (C=O) groups excluding carboxylic acids is 1. The maximum atomic E-state index is 12.4. The van der Waals surface area contributed by atoms with Gasteiger partial charge in [0.05, 0.1) is 24.2 Å². The van der Waals surface area contributed by atoms with Gasteiger partial charge < -0.3 is 4.74 Å². The van der Waals surface area contributed by atoms with Crippen molar-refractivity contribution in [2.45, 2.75) is 11.4 Å². The van der Waals surface area contributed by atoms with Gasteiger partial charge in [0.15, 0.2) is 5.03 Å². The smallest absolute Gasteiger partial charge is 0.310 e. The second kappa shape index (κ2) is 5.10. The Labute approximate surface area is 116 Å². The van der Waals surface area contributed by atoms with Crippen LogP contribution in [0.5, 0.6) is 0 Å². The van der Waals surface area contributed by atoms with Crippen molar-refractivity contribution in [3.05, 3.63) is 11.2 Å². The van der Waals surface area contributed by atoms with E-state index in [1.807, 2.05) is 0 Å². The number of rotatable bonds is 3. The second-order valence-corrected chi connectivity index (χ2v) is 6.55. The number of halogens is 1. The van der Waals surface area contributed by atoms with Gasteiger partial charge in [-0.25, -0.2) is 8.42 Å². The highest BCUT2D eigenvalue weighted by Crippen LogP contribution is 2.28. The molecule has 1 aromatic rings. The van der Waals surface area contributed by atoms with Gasteiger partial charge >= 0.3 is 5.97 Å². The number of esters is 1. The van der Waals surface area contributed by atoms with Crippen LogP contribution in [0.3, 0.4) is 0 Å². The van der Waals surface area contributed by atoms with Gasteiger partial charge in [-0.2, -0.15) is 9.40 Å². The summed E-state index contributed by atoms with van der Waals surface area (Å²) in [6.45, 7) is 0.375. The van der Waals surface area contributed by atoms with Crippen LogP contribution in [0.25, 0.3) is 0 Å². The first kappa shape index (κ1) is 14.3. The monoisotopic (exact) mass is 307 g/mol. The van der Waals surface area contributed by atoms with E-state index in [2.05, 4.69) is 9.84 Å². The van der Waals surface area contributed by atoms with Gasteiger partial charge in [-0.15, -0.1) is 0 Å². The van der Waals surface area contributed by atoms with Crippen LogP contribution in [0, 0.1) is 5.92 Å². The molecule has 0 amide bonds. The predicted octanol–water partition coefficient (Wildman–Crippen LogP) is 0.257. The molecule has 7 nitrogen and oxygen atoms in total. The van der Waals surface area contributed by atoms with Gasteiger partial charge in [-0.05, 0) is 6.42 Å². The van der Waals surface area contributed by atoms with E-state index in [9.17, 15) is 13.2 Å². The zero-order valence-corrected chi connectivity index (χ0v) is 12.1. The maximum absolute atomic E-state index is 12.4. The topological polar surface area (TPSA) is 81.5 Å². The van der Waals surface area contributed by atoms with E-state index in [0.717, 1.165) is 0 Å². The molecule has 1 fully saturated rings. The van der Waals surface area contributed by atoms with Crippen LogP contribution < -0.4 is 0 Å². The molecule has 1 aliphatic heterocycles. The molecule has 0 spiro atoms. The van der Waals surface area contributed by atoms with E-state index in [-0.39, 0.29) is 23.1 Å². The van der Waals surface area contributed by atoms with Gasteiger partial charge in [-0.3, -0.25) is 9.48 Å². The van der Waals surface area contributed by atoms with Crippen molar-refractivity contribution in [2.75, 3.05) is 20.2 Å². The van der Waals surface area contributed by atoms with E-state index < -0.39 is 21.9 Å². The predicted molar refractivity (Wildman–Crippen MR) is 67.1 cm³/mol. The zero-order valence-electron chi connectivity index (χ0n) is 10.5. The van der Waals surface area contributed by atoms with Gasteiger partial charge in [-0.1, -0.05) is 11.6 Å². The SMILES string of the molecule is COC(=O)C1CCN(S(=O)(=O)c2c(Cl)cnn2C)C1. The number of hydrogen-bond acceptors (Lipinski definition) is 5. The second-order valence-electron chi connectivity index (χ2n) is 4.29. The minimum Gasteiger partial charge on any atom is -0.469 e. The Kier molecular flexibility index (Phi) is 3.84. The lowest BCUT2D eigenvalue weighted by atomic mass is 10.1. The number of aryl methyl sites for hydroxylation is 1. The van der Waals surface area contributed by atoms with Crippen LogP contribution in [-0.4, -0.2) is 48.7 Å². The summed E-state index contributed by atoms with van der Waals surface area (Å²) in [5.41, 5.74) is 0. The van der Waals surface area contributed by atoms with E-state index in [4.69, 9.17) is 11.6 Å². The van der Waals surface area contributed by atoms with Crippen molar-refractivity contribution in [1.29, 1.82) is 0 Å². The Morgan fingerprint density at radius 2 is 2.26 bits per heavy atom. The third kappa shape index (κ3) is 2.47. The summed E-state index contributed by atoms with van der Waals surface area (Å²) in [5.74, 6) is -0.819. The maximum Gasteiger partial charge on any atom is 0.310 e. The molecular weight excluding hydrogens is 294 g/mol. The Morgan fingerprint density at radius 1 is 1.58 bits per heavy atom. The first-order valence-electron chi connectivity index (χ1n) is 5.63. The molecule has 1 aliphatic rings. The summed E-state index contributed by atoms with van der Waals surface area (Å²) in [7, 11) is -0.942. The fraction of sp³-hybridized carbons (Fsp3) is 0.600. The van der Waals surface area contributed by atoms with Crippen LogP contribution >= 0.6 is 11.6 Å². The molecular formula is C10H14ClN3O4S. The van der Waals surface area contributed by atoms with Crippen molar-refractivity contribution in [2.24, 2.45) is 13.0 Å². The number of ether oxygens (including phenoxy) is 1. The summed E-state index contributed by atoms with van der Waals surface area (Å²) in [4.78, 5) is 11.4. The number of carbonyl (C=O) groups is 1. The average Bonchev–Trinajstić information content (AvgIpc) is 2.96. The fourth-order valence-corrected chi connectivity index (χ4v) is 4.22. The van der Waals surface area contributed by atoms with Crippen molar-refractivity contribution >= 4 is 27.6 Å². The number of aromatic nitrogens is 2. The molecule has 106 valence electrons. The molecule has 1 unspecified atom stereocenters. The quantitative estimate of drug-likeness (QED) is 0.748. The zero-order chi connectivity index (χ0) is 14.2. The Bertz CT molecular complexity index is 578. The van der Waals surface area contributed by atoms with Crippen LogP contribution in [0.2, 0.25) is 5.02 Å². The Balaban J connectivity index is 2.26. The average molecular weight is 308 g/mol. The van der Waals surface area contributed by atoms with E-state index in [1.54, 1.807) is 0 Å². The lowest BCUT2D eigenvalue weighted by molar-refractivity contribution is -0.144. The molecule has 1 aromatic heterocycles. The van der Waals surface area contributed by atoms with Crippen molar-refractivity contribution in [3.8, 4) is 0 Å². The van der Waals surface area contributed by atoms with E-state index >= 15 is 0 Å². The minimum atomic E-state index is -3.74. The molecule has 19 heavy (non-hydrogen) atoms. The standard InChI is InChI=1S/C10H14ClN3O4S/c1-13-9(8(11)5-12-13)19(16,17)14-4-3-7(6-14)10(15)18-2/h5,7H,3-4,6H2,1-2H3. The highest BCUT2D eigenvalue weighted by Gasteiger charge is 2.38. The minimum absolute atomic E-state index is 0.0558. The molecule has 2 heterocycles. The third-order valence-electron chi connectivity index (χ3n) is 3.11. The van der Waals surface area contributed by atoms with Gasteiger partial charge in [0, 0.05) is 20.1 Å². The normalized spacial score (nSPS) is 20.7. The molecule has 0 N–H and O–H groups in total. The first-order chi connectivity index (χ1) is 8.87. The van der Waals surface area contributed by atoms with Gasteiger partial charge in [0.25, 0.3) is 10.0 Å².